The van der Waals surface area contributed by atoms with Crippen molar-refractivity contribution in [2.24, 2.45) is 5.73 Å². The van der Waals surface area contributed by atoms with Crippen molar-refractivity contribution < 1.29 is 4.79 Å². The summed E-state index contributed by atoms with van der Waals surface area (Å²) in [5.41, 5.74) is 5.44. The Hall–Kier alpha value is -0.770. The van der Waals surface area contributed by atoms with Gasteiger partial charge in [0.05, 0.1) is 0 Å². The van der Waals surface area contributed by atoms with Crippen LogP contribution in [0.3, 0.4) is 0 Å². The predicted molar refractivity (Wildman–Crippen MR) is 43.2 cm³/mol. The first kappa shape index (κ1) is 8.33. The van der Waals surface area contributed by atoms with Crippen molar-refractivity contribution in [2.75, 3.05) is 6.54 Å². The third-order valence-electron chi connectivity index (χ3n) is 1.50. The summed E-state index contributed by atoms with van der Waals surface area (Å²) in [6, 6.07) is 0.354. The molecule has 1 atom stereocenters. The second kappa shape index (κ2) is 3.57. The number of carbonyl (C=O) groups excluding carboxylic acids is 1. The van der Waals surface area contributed by atoms with Crippen molar-refractivity contribution in [3.05, 3.63) is 0 Å². The minimum Gasteiger partial charge on any atom is -0.337 e. The van der Waals surface area contributed by atoms with Gasteiger partial charge < -0.3 is 16.4 Å². The van der Waals surface area contributed by atoms with E-state index < -0.39 is 0 Å². The molecule has 1 aliphatic rings. The Morgan fingerprint density at radius 3 is 2.82 bits per heavy atom. The Morgan fingerprint density at radius 2 is 2.36 bits per heavy atom. The molecule has 0 aromatic rings. The molecule has 1 saturated carbocycles. The number of hydrogen-bond donors (Lipinski definition) is 3. The maximum absolute atomic E-state index is 10.9. The standard InChI is InChI=1S/C7H15N3O/c1-5(8)4-9-7(11)10-6-2-3-6/h5-6H,2-4,8H2,1H3,(H2,9,10,11). The minimum absolute atomic E-state index is 0.0277. The second-order valence-electron chi connectivity index (χ2n) is 3.11. The molecule has 0 radical (unpaired) electrons. The molecule has 2 amide bonds. The summed E-state index contributed by atoms with van der Waals surface area (Å²) in [6.07, 6.45) is 2.23. The summed E-state index contributed by atoms with van der Waals surface area (Å²) in [6.45, 7) is 2.40. The first-order valence-corrected chi connectivity index (χ1v) is 3.98. The summed E-state index contributed by atoms with van der Waals surface area (Å²) in [7, 11) is 0. The van der Waals surface area contributed by atoms with Gasteiger partial charge in [0, 0.05) is 18.6 Å². The zero-order valence-electron chi connectivity index (χ0n) is 6.76. The average Bonchev–Trinajstić information content (AvgIpc) is 2.67. The van der Waals surface area contributed by atoms with Gasteiger partial charge in [0.1, 0.15) is 0 Å². The molecule has 1 fully saturated rings. The SMILES string of the molecule is CC(N)CNC(=O)NC1CC1. The Labute approximate surface area is 66.5 Å². The van der Waals surface area contributed by atoms with E-state index in [2.05, 4.69) is 10.6 Å². The van der Waals surface area contributed by atoms with Crippen LogP contribution in [0.5, 0.6) is 0 Å². The molecule has 0 aromatic heterocycles. The van der Waals surface area contributed by atoms with Gasteiger partial charge >= 0.3 is 6.03 Å². The largest absolute Gasteiger partial charge is 0.337 e. The van der Waals surface area contributed by atoms with E-state index in [0.29, 0.717) is 12.6 Å². The van der Waals surface area contributed by atoms with Crippen LogP contribution in [0.4, 0.5) is 4.79 Å². The fourth-order valence-electron chi connectivity index (χ4n) is 0.718. The van der Waals surface area contributed by atoms with E-state index in [1.54, 1.807) is 0 Å². The van der Waals surface area contributed by atoms with Crippen LogP contribution in [0.1, 0.15) is 19.8 Å². The van der Waals surface area contributed by atoms with E-state index in [4.69, 9.17) is 5.73 Å². The van der Waals surface area contributed by atoms with Crippen LogP contribution in [-0.4, -0.2) is 24.7 Å². The van der Waals surface area contributed by atoms with E-state index in [1.807, 2.05) is 6.92 Å². The molecule has 1 aliphatic carbocycles. The van der Waals surface area contributed by atoms with Gasteiger partial charge in [-0.3, -0.25) is 0 Å². The van der Waals surface area contributed by atoms with E-state index >= 15 is 0 Å². The van der Waals surface area contributed by atoms with Gasteiger partial charge in [-0.1, -0.05) is 0 Å². The Bertz CT molecular complexity index is 143. The molecule has 0 spiro atoms. The topological polar surface area (TPSA) is 67.1 Å². The van der Waals surface area contributed by atoms with Gasteiger partial charge in [-0.2, -0.15) is 0 Å². The highest BCUT2D eigenvalue weighted by molar-refractivity contribution is 5.74. The molecule has 0 saturated heterocycles. The highest BCUT2D eigenvalue weighted by Crippen LogP contribution is 2.17. The molecule has 4 heteroatoms. The van der Waals surface area contributed by atoms with Crippen LogP contribution < -0.4 is 16.4 Å². The molecule has 4 N–H and O–H groups in total. The van der Waals surface area contributed by atoms with E-state index in [-0.39, 0.29) is 12.1 Å². The Balaban J connectivity index is 2.00. The van der Waals surface area contributed by atoms with Crippen LogP contribution in [-0.2, 0) is 0 Å². The van der Waals surface area contributed by atoms with Gasteiger partial charge in [-0.25, -0.2) is 4.79 Å². The third-order valence-corrected chi connectivity index (χ3v) is 1.50. The zero-order valence-corrected chi connectivity index (χ0v) is 6.76. The molecule has 0 aliphatic heterocycles. The first-order chi connectivity index (χ1) is 5.18. The lowest BCUT2D eigenvalue weighted by Crippen LogP contribution is -2.42. The quantitative estimate of drug-likeness (QED) is 0.531. The molecule has 1 rings (SSSR count). The second-order valence-corrected chi connectivity index (χ2v) is 3.11. The summed E-state index contributed by atoms with van der Waals surface area (Å²) in [4.78, 5) is 10.9. The Kier molecular flexibility index (Phi) is 2.70. The van der Waals surface area contributed by atoms with Crippen LogP contribution in [0.2, 0.25) is 0 Å². The predicted octanol–water partition coefficient (Wildman–Crippen LogP) is -0.205. The number of hydrogen-bond acceptors (Lipinski definition) is 2. The normalized spacial score (nSPS) is 19.1. The Morgan fingerprint density at radius 1 is 1.73 bits per heavy atom. The number of nitrogens with one attached hydrogen (secondary N) is 2. The molecule has 0 aromatic carbocycles. The van der Waals surface area contributed by atoms with Gasteiger partial charge in [0.25, 0.3) is 0 Å². The van der Waals surface area contributed by atoms with Crippen LogP contribution in [0.25, 0.3) is 0 Å². The van der Waals surface area contributed by atoms with Crippen molar-refractivity contribution in [1.82, 2.24) is 10.6 Å². The van der Waals surface area contributed by atoms with Gasteiger partial charge in [-0.15, -0.1) is 0 Å². The fraction of sp³-hybridized carbons (Fsp3) is 0.857. The monoisotopic (exact) mass is 157 g/mol. The number of carbonyl (C=O) groups is 1. The molecule has 4 nitrogen and oxygen atoms in total. The van der Waals surface area contributed by atoms with Gasteiger partial charge in [-0.05, 0) is 19.8 Å². The number of rotatable bonds is 3. The van der Waals surface area contributed by atoms with Crippen molar-refractivity contribution in [1.29, 1.82) is 0 Å². The summed E-state index contributed by atoms with van der Waals surface area (Å²) >= 11 is 0. The average molecular weight is 157 g/mol. The summed E-state index contributed by atoms with van der Waals surface area (Å²) in [5.74, 6) is 0. The van der Waals surface area contributed by atoms with Crippen molar-refractivity contribution >= 4 is 6.03 Å². The highest BCUT2D eigenvalue weighted by atomic mass is 16.2. The highest BCUT2D eigenvalue weighted by Gasteiger charge is 2.22. The van der Waals surface area contributed by atoms with Crippen LogP contribution in [0, 0.1) is 0 Å². The van der Waals surface area contributed by atoms with E-state index in [1.165, 1.54) is 0 Å². The number of nitrogens with two attached hydrogens (primary N) is 1. The molecular weight excluding hydrogens is 142 g/mol. The molecule has 0 bridgehead atoms. The molecule has 1 unspecified atom stereocenters. The fourth-order valence-corrected chi connectivity index (χ4v) is 0.718. The molecular formula is C7H15N3O. The third kappa shape index (κ3) is 3.83. The molecule has 64 valence electrons. The van der Waals surface area contributed by atoms with Crippen molar-refractivity contribution in [2.45, 2.75) is 31.8 Å². The van der Waals surface area contributed by atoms with E-state index in [9.17, 15) is 4.79 Å². The van der Waals surface area contributed by atoms with Gasteiger partial charge in [0.15, 0.2) is 0 Å². The summed E-state index contributed by atoms with van der Waals surface area (Å²) < 4.78 is 0. The van der Waals surface area contributed by atoms with Gasteiger partial charge in [0.2, 0.25) is 0 Å². The van der Waals surface area contributed by atoms with Crippen LogP contribution in [0.15, 0.2) is 0 Å². The maximum Gasteiger partial charge on any atom is 0.315 e. The number of amides is 2. The van der Waals surface area contributed by atoms with E-state index in [0.717, 1.165) is 12.8 Å². The zero-order chi connectivity index (χ0) is 8.27. The lowest BCUT2D eigenvalue weighted by molar-refractivity contribution is 0.240. The van der Waals surface area contributed by atoms with Crippen molar-refractivity contribution in [3.63, 3.8) is 0 Å². The lowest BCUT2D eigenvalue weighted by atomic mass is 10.4. The maximum atomic E-state index is 10.9. The van der Waals surface area contributed by atoms with Crippen molar-refractivity contribution in [3.8, 4) is 0 Å². The lowest BCUT2D eigenvalue weighted by Gasteiger charge is -2.07. The number of urea groups is 1. The first-order valence-electron chi connectivity index (χ1n) is 3.98. The minimum atomic E-state index is -0.0928. The molecule has 0 heterocycles. The molecule has 11 heavy (non-hydrogen) atoms. The summed E-state index contributed by atoms with van der Waals surface area (Å²) in [5, 5.41) is 5.48. The van der Waals surface area contributed by atoms with Crippen LogP contribution >= 0.6 is 0 Å². The smallest absolute Gasteiger partial charge is 0.315 e.